The molecule has 8 rings (SSSR count). The van der Waals surface area contributed by atoms with Crippen LogP contribution >= 0.6 is 0 Å². The molecule has 2 N–H and O–H groups in total. The molecular formula is C35H47N7O4. The Morgan fingerprint density at radius 1 is 0.891 bits per heavy atom. The van der Waals surface area contributed by atoms with E-state index in [2.05, 4.69) is 20.8 Å². The van der Waals surface area contributed by atoms with Crippen LogP contribution in [0.3, 0.4) is 0 Å². The van der Waals surface area contributed by atoms with Crippen molar-refractivity contribution in [3.05, 3.63) is 42.6 Å². The van der Waals surface area contributed by atoms with Crippen LogP contribution < -0.4 is 20.4 Å². The zero-order valence-corrected chi connectivity index (χ0v) is 27.3. The standard InChI is InChI=1S/C35H47N7O4/c1-4-46-32(43)35(2,3)39-13-11-38(12-14-39)27-9-10-30(37-22-27)40-15-16-41(29-8-6-5-7-28(29)40)34(45)42(33(36)44)31-25-18-23-17-24(20-25)21-26(31)19-23/h5-10,22-26,31H,4,11-21H2,1-3H3,(H2,36,44). The molecule has 2 aliphatic heterocycles. The molecule has 1 saturated heterocycles. The fourth-order valence-electron chi connectivity index (χ4n) is 9.30. The van der Waals surface area contributed by atoms with Crippen molar-refractivity contribution in [3.63, 3.8) is 0 Å². The first-order valence-electron chi connectivity index (χ1n) is 17.1. The Bertz CT molecular complexity index is 1440. The number of amides is 4. The maximum Gasteiger partial charge on any atom is 0.333 e. The topological polar surface area (TPSA) is 116 Å². The second kappa shape index (κ2) is 12.1. The fraction of sp³-hybridized carbons (Fsp3) is 0.600. The molecule has 0 radical (unpaired) electrons. The van der Waals surface area contributed by atoms with Crippen LogP contribution in [0.1, 0.15) is 52.9 Å². The first-order chi connectivity index (χ1) is 22.2. The van der Waals surface area contributed by atoms with Crippen molar-refractivity contribution in [1.29, 1.82) is 0 Å². The Hall–Kier alpha value is -3.86. The summed E-state index contributed by atoms with van der Waals surface area (Å²) in [7, 11) is 0. The summed E-state index contributed by atoms with van der Waals surface area (Å²) in [5.74, 6) is 2.81. The van der Waals surface area contributed by atoms with Crippen LogP contribution in [0.25, 0.3) is 0 Å². The van der Waals surface area contributed by atoms with Gasteiger partial charge < -0.3 is 20.3 Å². The number of hydrogen-bond donors (Lipinski definition) is 1. The van der Waals surface area contributed by atoms with Gasteiger partial charge in [0.05, 0.1) is 29.9 Å². The van der Waals surface area contributed by atoms with Crippen LogP contribution in [0.15, 0.2) is 42.6 Å². The van der Waals surface area contributed by atoms with Gasteiger partial charge in [0.2, 0.25) is 0 Å². The van der Waals surface area contributed by atoms with E-state index in [1.807, 2.05) is 57.3 Å². The van der Waals surface area contributed by atoms with Crippen LogP contribution in [0, 0.1) is 23.7 Å². The van der Waals surface area contributed by atoms with Gasteiger partial charge in [-0.15, -0.1) is 0 Å². The Kier molecular flexibility index (Phi) is 8.07. The molecule has 1 aromatic heterocycles. The number of para-hydroxylation sites is 2. The van der Waals surface area contributed by atoms with Crippen molar-refractivity contribution in [2.24, 2.45) is 29.4 Å². The largest absolute Gasteiger partial charge is 0.465 e. The summed E-state index contributed by atoms with van der Waals surface area (Å²) < 4.78 is 5.30. The summed E-state index contributed by atoms with van der Waals surface area (Å²) in [5, 5.41) is 0. The van der Waals surface area contributed by atoms with Gasteiger partial charge in [0.25, 0.3) is 0 Å². The molecule has 5 fully saturated rings. The van der Waals surface area contributed by atoms with Gasteiger partial charge in [-0.05, 0) is 101 Å². The quantitative estimate of drug-likeness (QED) is 0.452. The number of ether oxygens (including phenoxy) is 1. The summed E-state index contributed by atoms with van der Waals surface area (Å²) >= 11 is 0. The molecule has 4 saturated carbocycles. The molecule has 3 heterocycles. The normalized spacial score (nSPS) is 27.4. The van der Waals surface area contributed by atoms with Gasteiger partial charge in [0, 0.05) is 45.3 Å². The third-order valence-electron chi connectivity index (χ3n) is 11.4. The average molecular weight is 630 g/mol. The maximum atomic E-state index is 14.2. The lowest BCUT2D eigenvalue weighted by Crippen LogP contribution is -2.63. The third kappa shape index (κ3) is 5.36. The van der Waals surface area contributed by atoms with Crippen molar-refractivity contribution in [3.8, 4) is 0 Å². The van der Waals surface area contributed by atoms with Crippen molar-refractivity contribution in [2.45, 2.75) is 64.5 Å². The van der Waals surface area contributed by atoms with E-state index in [1.54, 1.807) is 4.90 Å². The number of imide groups is 1. The smallest absolute Gasteiger partial charge is 0.333 e. The molecule has 0 unspecified atom stereocenters. The molecule has 0 spiro atoms. The molecule has 11 nitrogen and oxygen atoms in total. The number of carbonyl (C=O) groups excluding carboxylic acids is 3. The van der Waals surface area contributed by atoms with Gasteiger partial charge in [0.15, 0.2) is 0 Å². The predicted molar refractivity (Wildman–Crippen MR) is 177 cm³/mol. The summed E-state index contributed by atoms with van der Waals surface area (Å²) in [6, 6.07) is 10.9. The maximum absolute atomic E-state index is 14.2. The number of urea groups is 2. The van der Waals surface area contributed by atoms with E-state index in [0.717, 1.165) is 86.6 Å². The van der Waals surface area contributed by atoms with E-state index in [0.29, 0.717) is 31.5 Å². The number of hydrogen-bond acceptors (Lipinski definition) is 8. The summed E-state index contributed by atoms with van der Waals surface area (Å²) in [6.07, 6.45) is 7.61. The number of pyridine rings is 1. The van der Waals surface area contributed by atoms with E-state index in [-0.39, 0.29) is 18.0 Å². The zero-order valence-electron chi connectivity index (χ0n) is 27.3. The Morgan fingerprint density at radius 2 is 1.54 bits per heavy atom. The van der Waals surface area contributed by atoms with Gasteiger partial charge in [-0.1, -0.05) is 12.1 Å². The number of esters is 1. The van der Waals surface area contributed by atoms with E-state index in [4.69, 9.17) is 15.5 Å². The highest BCUT2D eigenvalue weighted by Crippen LogP contribution is 2.55. The van der Waals surface area contributed by atoms with Crippen LogP contribution in [0.2, 0.25) is 0 Å². The number of aromatic nitrogens is 1. The lowest BCUT2D eigenvalue weighted by Gasteiger charge is -2.56. The Labute approximate surface area is 271 Å². The van der Waals surface area contributed by atoms with Gasteiger partial charge in [-0.25, -0.2) is 19.5 Å². The number of nitrogens with two attached hydrogens (primary N) is 1. The van der Waals surface area contributed by atoms with Crippen molar-refractivity contribution < 1.29 is 19.1 Å². The highest BCUT2D eigenvalue weighted by Gasteiger charge is 2.53. The monoisotopic (exact) mass is 629 g/mol. The van der Waals surface area contributed by atoms with Crippen LogP contribution in [-0.4, -0.2) is 90.3 Å². The molecule has 1 aromatic carbocycles. The number of fused-ring (bicyclic) bond motifs is 1. The van der Waals surface area contributed by atoms with Gasteiger partial charge >= 0.3 is 18.0 Å². The highest BCUT2D eigenvalue weighted by molar-refractivity contribution is 6.05. The number of piperazine rings is 1. The number of carbonyl (C=O) groups is 3. The van der Waals surface area contributed by atoms with Crippen molar-refractivity contribution in [1.82, 2.24) is 14.8 Å². The summed E-state index contributed by atoms with van der Waals surface area (Å²) in [4.78, 5) is 54.3. The van der Waals surface area contributed by atoms with E-state index in [1.165, 1.54) is 11.3 Å². The summed E-state index contributed by atoms with van der Waals surface area (Å²) in [6.45, 7) is 10.1. The number of nitrogens with zero attached hydrogens (tertiary/aromatic N) is 6. The first-order valence-corrected chi connectivity index (χ1v) is 17.1. The molecule has 4 aliphatic carbocycles. The second-order valence-electron chi connectivity index (χ2n) is 14.3. The third-order valence-corrected chi connectivity index (χ3v) is 11.4. The van der Waals surface area contributed by atoms with Crippen LogP contribution in [0.4, 0.5) is 32.5 Å². The number of primary amides is 1. The lowest BCUT2D eigenvalue weighted by molar-refractivity contribution is -0.156. The zero-order chi connectivity index (χ0) is 32.2. The van der Waals surface area contributed by atoms with E-state index in [9.17, 15) is 14.4 Å². The van der Waals surface area contributed by atoms with Crippen molar-refractivity contribution >= 4 is 40.9 Å². The summed E-state index contributed by atoms with van der Waals surface area (Å²) in [5.41, 5.74) is 8.00. The number of anilines is 4. The van der Waals surface area contributed by atoms with E-state index >= 15 is 0 Å². The molecular weight excluding hydrogens is 582 g/mol. The molecule has 4 amide bonds. The van der Waals surface area contributed by atoms with Gasteiger partial charge in [0.1, 0.15) is 11.4 Å². The molecule has 11 heteroatoms. The number of benzene rings is 1. The van der Waals surface area contributed by atoms with Gasteiger partial charge in [-0.3, -0.25) is 14.6 Å². The molecule has 6 aliphatic rings. The Morgan fingerprint density at radius 3 is 2.13 bits per heavy atom. The SMILES string of the molecule is CCOC(=O)C(C)(C)N1CCN(c2ccc(N3CCN(C(=O)N(C(N)=O)C4C5CC6CC(C5)CC4C6)c4ccccc43)nc2)CC1. The highest BCUT2D eigenvalue weighted by atomic mass is 16.5. The molecule has 2 aromatic rings. The lowest BCUT2D eigenvalue weighted by atomic mass is 9.54. The van der Waals surface area contributed by atoms with Crippen LogP contribution in [-0.2, 0) is 9.53 Å². The molecule has 0 atom stereocenters. The van der Waals surface area contributed by atoms with Crippen LogP contribution in [0.5, 0.6) is 0 Å². The van der Waals surface area contributed by atoms with Crippen molar-refractivity contribution in [2.75, 3.05) is 60.6 Å². The minimum Gasteiger partial charge on any atom is -0.465 e. The fourth-order valence-corrected chi connectivity index (χ4v) is 9.30. The van der Waals surface area contributed by atoms with Gasteiger partial charge in [-0.2, -0.15) is 0 Å². The minimum atomic E-state index is -0.661. The number of rotatable bonds is 6. The predicted octanol–water partition coefficient (Wildman–Crippen LogP) is 4.83. The average Bonchev–Trinajstić information content (AvgIpc) is 3.05. The molecule has 46 heavy (non-hydrogen) atoms. The minimum absolute atomic E-state index is 0.102. The Balaban J connectivity index is 1.05. The first kappa shape index (κ1) is 30.8. The van der Waals surface area contributed by atoms with E-state index < -0.39 is 11.6 Å². The molecule has 4 bridgehead atoms. The second-order valence-corrected chi connectivity index (χ2v) is 14.3. The molecule has 246 valence electrons.